The van der Waals surface area contributed by atoms with E-state index >= 15 is 0 Å². The third kappa shape index (κ3) is 4.24. The molecule has 1 aliphatic rings. The maximum atomic E-state index is 12.6. The van der Waals surface area contributed by atoms with E-state index in [2.05, 4.69) is 0 Å². The third-order valence-corrected chi connectivity index (χ3v) is 4.24. The van der Waals surface area contributed by atoms with Crippen molar-refractivity contribution >= 4 is 5.91 Å². The summed E-state index contributed by atoms with van der Waals surface area (Å²) in [5, 5.41) is 0. The van der Waals surface area contributed by atoms with Crippen molar-refractivity contribution in [3.05, 3.63) is 54.1 Å². The molecule has 1 atom stereocenters. The minimum absolute atomic E-state index is 0.0788. The van der Waals surface area contributed by atoms with E-state index in [9.17, 15) is 4.79 Å². The molecule has 1 amide bonds. The van der Waals surface area contributed by atoms with Crippen LogP contribution in [0.3, 0.4) is 0 Å². The van der Waals surface area contributed by atoms with Gasteiger partial charge in [0.15, 0.2) is 17.6 Å². The first kappa shape index (κ1) is 17.1. The number of carbonyl (C=O) groups is 1. The minimum atomic E-state index is -0.158. The van der Waals surface area contributed by atoms with Crippen LogP contribution < -0.4 is 14.2 Å². The van der Waals surface area contributed by atoms with Crippen LogP contribution in [0.15, 0.2) is 48.5 Å². The number of benzene rings is 2. The van der Waals surface area contributed by atoms with Gasteiger partial charge < -0.3 is 19.1 Å². The fourth-order valence-electron chi connectivity index (χ4n) is 2.84. The molecule has 0 spiro atoms. The van der Waals surface area contributed by atoms with E-state index in [1.807, 2.05) is 60.4 Å². The van der Waals surface area contributed by atoms with Crippen LogP contribution in [0.4, 0.5) is 0 Å². The van der Waals surface area contributed by atoms with Gasteiger partial charge in [0.1, 0.15) is 12.4 Å². The zero-order chi connectivity index (χ0) is 17.6. The Morgan fingerprint density at radius 2 is 1.88 bits per heavy atom. The predicted octanol–water partition coefficient (Wildman–Crippen LogP) is 2.93. The zero-order valence-electron chi connectivity index (χ0n) is 14.6. The van der Waals surface area contributed by atoms with E-state index in [-0.39, 0.29) is 12.0 Å². The molecule has 0 N–H and O–H groups in total. The Bertz CT molecular complexity index is 714. The van der Waals surface area contributed by atoms with Crippen molar-refractivity contribution in [2.24, 2.45) is 0 Å². The Labute approximate surface area is 148 Å². The summed E-state index contributed by atoms with van der Waals surface area (Å²) in [6, 6.07) is 15.2. The summed E-state index contributed by atoms with van der Waals surface area (Å²) in [6.07, 6.45) is 0.205. The first-order valence-electron chi connectivity index (χ1n) is 8.48. The molecule has 132 valence electrons. The predicted molar refractivity (Wildman–Crippen MR) is 95.3 cm³/mol. The Balaban J connectivity index is 1.59. The molecule has 5 heteroatoms. The monoisotopic (exact) mass is 341 g/mol. The van der Waals surface area contributed by atoms with Gasteiger partial charge in [-0.3, -0.25) is 4.79 Å². The van der Waals surface area contributed by atoms with E-state index in [0.717, 1.165) is 22.8 Å². The number of nitrogens with zero attached hydrogens (tertiary/aromatic N) is 1. The molecule has 2 aromatic carbocycles. The largest absolute Gasteiger partial charge is 0.497 e. The molecular formula is C20H23NO4. The van der Waals surface area contributed by atoms with Crippen LogP contribution in [-0.4, -0.2) is 43.7 Å². The molecule has 1 heterocycles. The van der Waals surface area contributed by atoms with Crippen LogP contribution >= 0.6 is 0 Å². The summed E-state index contributed by atoms with van der Waals surface area (Å²) >= 11 is 0. The molecule has 0 saturated heterocycles. The van der Waals surface area contributed by atoms with Crippen LogP contribution in [-0.2, 0) is 11.2 Å². The molecule has 0 radical (unpaired) electrons. The second-order valence-corrected chi connectivity index (χ2v) is 5.95. The second kappa shape index (κ2) is 7.92. The topological polar surface area (TPSA) is 48.0 Å². The van der Waals surface area contributed by atoms with Gasteiger partial charge in [-0.15, -0.1) is 0 Å². The molecule has 2 aromatic rings. The van der Waals surface area contributed by atoms with Crippen LogP contribution in [0.25, 0.3) is 0 Å². The number of amides is 1. The maximum absolute atomic E-state index is 12.6. The number of hydrogen-bond donors (Lipinski definition) is 0. The molecule has 1 aliphatic heterocycles. The fourth-order valence-corrected chi connectivity index (χ4v) is 2.84. The van der Waals surface area contributed by atoms with Crippen LogP contribution in [0.5, 0.6) is 17.2 Å². The van der Waals surface area contributed by atoms with Crippen molar-refractivity contribution < 1.29 is 19.0 Å². The highest BCUT2D eigenvalue weighted by Crippen LogP contribution is 2.31. The van der Waals surface area contributed by atoms with Gasteiger partial charge in [-0.25, -0.2) is 0 Å². The molecule has 3 rings (SSSR count). The van der Waals surface area contributed by atoms with Gasteiger partial charge in [-0.2, -0.15) is 0 Å². The van der Waals surface area contributed by atoms with Gasteiger partial charge in [0.25, 0.3) is 0 Å². The maximum Gasteiger partial charge on any atom is 0.227 e. The Morgan fingerprint density at radius 1 is 1.16 bits per heavy atom. The van der Waals surface area contributed by atoms with E-state index in [0.29, 0.717) is 26.1 Å². The highest BCUT2D eigenvalue weighted by atomic mass is 16.6. The first-order valence-corrected chi connectivity index (χ1v) is 8.48. The normalized spacial score (nSPS) is 15.5. The van der Waals surface area contributed by atoms with Crippen molar-refractivity contribution in [3.63, 3.8) is 0 Å². The number of likely N-dealkylation sites (N-methyl/N-ethyl adjacent to an activating group) is 1. The Hall–Kier alpha value is -2.69. The summed E-state index contributed by atoms with van der Waals surface area (Å²) in [4.78, 5) is 14.4. The number of hydrogen-bond acceptors (Lipinski definition) is 4. The molecule has 25 heavy (non-hydrogen) atoms. The lowest BCUT2D eigenvalue weighted by atomic mass is 10.1. The molecule has 1 unspecified atom stereocenters. The number of fused-ring (bicyclic) bond motifs is 1. The Morgan fingerprint density at radius 3 is 2.56 bits per heavy atom. The SMILES string of the molecule is CCN(CC1COc2ccccc2O1)C(=O)Cc1ccc(OC)cc1. The average Bonchev–Trinajstić information content (AvgIpc) is 2.66. The zero-order valence-corrected chi connectivity index (χ0v) is 14.6. The summed E-state index contributed by atoms with van der Waals surface area (Å²) in [5.41, 5.74) is 0.968. The smallest absolute Gasteiger partial charge is 0.227 e. The Kier molecular flexibility index (Phi) is 5.43. The average molecular weight is 341 g/mol. The highest BCUT2D eigenvalue weighted by Gasteiger charge is 2.24. The van der Waals surface area contributed by atoms with E-state index < -0.39 is 0 Å². The van der Waals surface area contributed by atoms with Gasteiger partial charge in [-0.05, 0) is 36.8 Å². The van der Waals surface area contributed by atoms with E-state index in [4.69, 9.17) is 14.2 Å². The minimum Gasteiger partial charge on any atom is -0.497 e. The first-order chi connectivity index (χ1) is 12.2. The number of ether oxygens (including phenoxy) is 3. The van der Waals surface area contributed by atoms with E-state index in [1.165, 1.54) is 0 Å². The number of para-hydroxylation sites is 2. The van der Waals surface area contributed by atoms with Crippen molar-refractivity contribution in [3.8, 4) is 17.2 Å². The molecule has 5 nitrogen and oxygen atoms in total. The van der Waals surface area contributed by atoms with Crippen molar-refractivity contribution in [2.45, 2.75) is 19.4 Å². The number of rotatable bonds is 6. The summed E-state index contributed by atoms with van der Waals surface area (Å²) in [5.74, 6) is 2.36. The lowest BCUT2D eigenvalue weighted by Gasteiger charge is -2.31. The molecule has 0 fully saturated rings. The second-order valence-electron chi connectivity index (χ2n) is 5.95. The van der Waals surface area contributed by atoms with Crippen LogP contribution in [0.2, 0.25) is 0 Å². The van der Waals surface area contributed by atoms with Crippen molar-refractivity contribution in [1.82, 2.24) is 4.90 Å². The standard InChI is InChI=1S/C20H23NO4/c1-3-21(20(22)12-15-8-10-16(23-2)11-9-15)13-17-14-24-18-6-4-5-7-19(18)25-17/h4-11,17H,3,12-14H2,1-2H3. The quantitative estimate of drug-likeness (QED) is 0.811. The number of methoxy groups -OCH3 is 1. The summed E-state index contributed by atoms with van der Waals surface area (Å²) in [7, 11) is 1.63. The summed E-state index contributed by atoms with van der Waals surface area (Å²) < 4.78 is 16.8. The van der Waals surface area contributed by atoms with Crippen LogP contribution in [0.1, 0.15) is 12.5 Å². The van der Waals surface area contributed by atoms with Gasteiger partial charge >= 0.3 is 0 Å². The van der Waals surface area contributed by atoms with Gasteiger partial charge in [0.05, 0.1) is 20.1 Å². The molecular weight excluding hydrogens is 318 g/mol. The lowest BCUT2D eigenvalue weighted by Crippen LogP contribution is -2.44. The van der Waals surface area contributed by atoms with Crippen molar-refractivity contribution in [1.29, 1.82) is 0 Å². The van der Waals surface area contributed by atoms with Crippen molar-refractivity contribution in [2.75, 3.05) is 26.8 Å². The summed E-state index contributed by atoms with van der Waals surface area (Å²) in [6.45, 7) is 3.57. The van der Waals surface area contributed by atoms with Gasteiger partial charge in [0, 0.05) is 6.54 Å². The highest BCUT2D eigenvalue weighted by molar-refractivity contribution is 5.78. The molecule has 0 aliphatic carbocycles. The van der Waals surface area contributed by atoms with Crippen LogP contribution in [0, 0.1) is 0 Å². The molecule has 0 bridgehead atoms. The van der Waals surface area contributed by atoms with Gasteiger partial charge in [0.2, 0.25) is 5.91 Å². The molecule has 0 aromatic heterocycles. The van der Waals surface area contributed by atoms with E-state index in [1.54, 1.807) is 7.11 Å². The lowest BCUT2D eigenvalue weighted by molar-refractivity contribution is -0.131. The van der Waals surface area contributed by atoms with Gasteiger partial charge in [-0.1, -0.05) is 24.3 Å². The molecule has 0 saturated carbocycles. The number of carbonyl (C=O) groups excluding carboxylic acids is 1. The third-order valence-electron chi connectivity index (χ3n) is 4.24. The fraction of sp³-hybridized carbons (Fsp3) is 0.350.